The quantitative estimate of drug-likeness (QED) is 0.186. The van der Waals surface area contributed by atoms with E-state index in [2.05, 4.69) is 181 Å². The smallest absolute Gasteiger partial charge is 0.159 e. The van der Waals surface area contributed by atoms with Crippen LogP contribution in [-0.4, -0.2) is 0 Å². The number of furan rings is 1. The molecule has 10 rings (SSSR count). The molecule has 0 aliphatic carbocycles. The molecular weight excluding hydrogens is 615 g/mol. The Balaban J connectivity index is 1.30. The summed E-state index contributed by atoms with van der Waals surface area (Å²) in [6.45, 7) is 0. The van der Waals surface area contributed by atoms with Gasteiger partial charge in [-0.15, -0.1) is 11.3 Å². The van der Waals surface area contributed by atoms with E-state index < -0.39 is 0 Å². The van der Waals surface area contributed by atoms with Gasteiger partial charge in [-0.3, -0.25) is 0 Å². The largest absolute Gasteiger partial charge is 0.454 e. The molecule has 0 N–H and O–H groups in total. The van der Waals surface area contributed by atoms with Crippen molar-refractivity contribution in [2.75, 3.05) is 4.90 Å². The Labute approximate surface area is 287 Å². The highest BCUT2D eigenvalue weighted by Crippen LogP contribution is 2.51. The van der Waals surface area contributed by atoms with Crippen molar-refractivity contribution in [2.45, 2.75) is 0 Å². The van der Waals surface area contributed by atoms with Gasteiger partial charge in [-0.1, -0.05) is 140 Å². The molecule has 8 aromatic carbocycles. The maximum Gasteiger partial charge on any atom is 0.159 e. The van der Waals surface area contributed by atoms with Crippen LogP contribution >= 0.6 is 11.3 Å². The Bertz CT molecular complexity index is 2820. The zero-order chi connectivity index (χ0) is 32.3. The van der Waals surface area contributed by atoms with Gasteiger partial charge in [0, 0.05) is 36.3 Å². The number of para-hydroxylation sites is 1. The summed E-state index contributed by atoms with van der Waals surface area (Å²) in [5.41, 5.74) is 9.78. The minimum absolute atomic E-state index is 0.871. The fourth-order valence-corrected chi connectivity index (χ4v) is 8.66. The third-order valence-corrected chi connectivity index (χ3v) is 10.9. The average Bonchev–Trinajstić information content (AvgIpc) is 3.75. The average molecular weight is 644 g/mol. The first kappa shape index (κ1) is 27.9. The number of anilines is 3. The molecule has 0 aliphatic heterocycles. The summed E-state index contributed by atoms with van der Waals surface area (Å²) in [6, 6.07) is 63.0. The molecule has 2 heterocycles. The summed E-state index contributed by atoms with van der Waals surface area (Å²) < 4.78 is 9.47. The van der Waals surface area contributed by atoms with Gasteiger partial charge in [-0.05, 0) is 64.0 Å². The molecule has 10 aromatic rings. The van der Waals surface area contributed by atoms with Crippen molar-refractivity contribution >= 4 is 81.3 Å². The lowest BCUT2D eigenvalue weighted by molar-refractivity contribution is 0.669. The van der Waals surface area contributed by atoms with Crippen molar-refractivity contribution < 1.29 is 4.42 Å². The second-order valence-electron chi connectivity index (χ2n) is 12.5. The van der Waals surface area contributed by atoms with Gasteiger partial charge in [-0.2, -0.15) is 0 Å². The lowest BCUT2D eigenvalue weighted by atomic mass is 9.99. The van der Waals surface area contributed by atoms with Crippen LogP contribution in [0.15, 0.2) is 180 Å². The van der Waals surface area contributed by atoms with Crippen LogP contribution in [0.5, 0.6) is 0 Å². The molecule has 0 atom stereocenters. The number of benzene rings is 8. The van der Waals surface area contributed by atoms with E-state index in [9.17, 15) is 0 Å². The number of thiophene rings is 1. The molecule has 0 radical (unpaired) electrons. The lowest BCUT2D eigenvalue weighted by Crippen LogP contribution is -2.11. The molecule has 0 amide bonds. The van der Waals surface area contributed by atoms with Crippen molar-refractivity contribution in [3.63, 3.8) is 0 Å². The van der Waals surface area contributed by atoms with E-state index >= 15 is 0 Å². The van der Waals surface area contributed by atoms with Crippen LogP contribution in [0.4, 0.5) is 17.1 Å². The molecule has 3 heteroatoms. The summed E-state index contributed by atoms with van der Waals surface area (Å²) in [4.78, 5) is 2.43. The van der Waals surface area contributed by atoms with Crippen LogP contribution in [0.3, 0.4) is 0 Å². The Kier molecular flexibility index (Phi) is 6.39. The van der Waals surface area contributed by atoms with E-state index in [4.69, 9.17) is 4.42 Å². The summed E-state index contributed by atoms with van der Waals surface area (Å²) in [5.74, 6) is 0. The highest BCUT2D eigenvalue weighted by Gasteiger charge is 2.25. The van der Waals surface area contributed by atoms with Gasteiger partial charge in [0.05, 0.1) is 17.1 Å². The highest BCUT2D eigenvalue weighted by atomic mass is 32.1. The minimum Gasteiger partial charge on any atom is -0.454 e. The number of rotatable bonds is 5. The first-order chi connectivity index (χ1) is 24.3. The monoisotopic (exact) mass is 643 g/mol. The summed E-state index contributed by atoms with van der Waals surface area (Å²) in [6.07, 6.45) is 0. The number of nitrogens with zero attached hydrogens (tertiary/aromatic N) is 1. The van der Waals surface area contributed by atoms with Crippen LogP contribution in [0.1, 0.15) is 0 Å². The molecule has 2 aromatic heterocycles. The van der Waals surface area contributed by atoms with Crippen molar-refractivity contribution in [1.82, 2.24) is 0 Å². The standard InChI is InChI=1S/C46H29NOS/c1-3-13-30(14-4-1)33-25-26-36-37-21-12-23-41(45(37)48-42(36)29-33)47(39-22-11-18-31-17-7-8-19-34(31)39)40-28-27-35(32-15-5-2-6-16-32)46-44(40)38-20-9-10-24-43(38)49-46/h1-29H. The molecular formula is C46H29NOS. The van der Waals surface area contributed by atoms with Gasteiger partial charge in [-0.25, -0.2) is 0 Å². The second kappa shape index (κ2) is 11.2. The van der Waals surface area contributed by atoms with E-state index in [0.717, 1.165) is 44.6 Å². The zero-order valence-electron chi connectivity index (χ0n) is 26.5. The van der Waals surface area contributed by atoms with E-state index in [1.807, 2.05) is 11.3 Å². The number of hydrogen-bond acceptors (Lipinski definition) is 3. The van der Waals surface area contributed by atoms with Crippen LogP contribution in [0, 0.1) is 0 Å². The predicted molar refractivity (Wildman–Crippen MR) is 210 cm³/mol. The highest BCUT2D eigenvalue weighted by molar-refractivity contribution is 7.26. The number of fused-ring (bicyclic) bond motifs is 7. The normalized spacial score (nSPS) is 11.7. The van der Waals surface area contributed by atoms with Crippen molar-refractivity contribution in [2.24, 2.45) is 0 Å². The first-order valence-electron chi connectivity index (χ1n) is 16.6. The van der Waals surface area contributed by atoms with Crippen molar-refractivity contribution in [1.29, 1.82) is 0 Å². The molecule has 0 spiro atoms. The van der Waals surface area contributed by atoms with Gasteiger partial charge in [0.2, 0.25) is 0 Å². The maximum atomic E-state index is 6.92. The second-order valence-corrected chi connectivity index (χ2v) is 13.5. The summed E-state index contributed by atoms with van der Waals surface area (Å²) >= 11 is 1.87. The molecule has 230 valence electrons. The number of hydrogen-bond donors (Lipinski definition) is 0. The van der Waals surface area contributed by atoms with E-state index in [0.29, 0.717) is 0 Å². The molecule has 49 heavy (non-hydrogen) atoms. The third-order valence-electron chi connectivity index (χ3n) is 9.66. The SMILES string of the molecule is c1ccc(-c2ccc3c(c2)oc2c(N(c4cccc5ccccc45)c4ccc(-c5ccccc5)c5sc6ccccc6c45)cccc23)cc1. The Morgan fingerprint density at radius 3 is 1.96 bits per heavy atom. The summed E-state index contributed by atoms with van der Waals surface area (Å²) in [7, 11) is 0. The van der Waals surface area contributed by atoms with E-state index in [1.165, 1.54) is 47.6 Å². The zero-order valence-corrected chi connectivity index (χ0v) is 27.3. The third kappa shape index (κ3) is 4.47. The van der Waals surface area contributed by atoms with Gasteiger partial charge >= 0.3 is 0 Å². The van der Waals surface area contributed by atoms with Gasteiger partial charge in [0.15, 0.2) is 5.58 Å². The molecule has 2 nitrogen and oxygen atoms in total. The molecule has 0 saturated carbocycles. The first-order valence-corrected chi connectivity index (χ1v) is 17.4. The van der Waals surface area contributed by atoms with Gasteiger partial charge in [0.25, 0.3) is 0 Å². The fraction of sp³-hybridized carbons (Fsp3) is 0. The molecule has 0 saturated heterocycles. The van der Waals surface area contributed by atoms with E-state index in [-0.39, 0.29) is 0 Å². The Morgan fingerprint density at radius 1 is 0.429 bits per heavy atom. The summed E-state index contributed by atoms with van der Waals surface area (Å²) in [5, 5.41) is 7.09. The molecule has 0 aliphatic rings. The van der Waals surface area contributed by atoms with Gasteiger partial charge in [0.1, 0.15) is 5.58 Å². The van der Waals surface area contributed by atoms with Crippen molar-refractivity contribution in [3.05, 3.63) is 176 Å². The van der Waals surface area contributed by atoms with Crippen LogP contribution in [0.25, 0.3) is 75.1 Å². The van der Waals surface area contributed by atoms with Crippen molar-refractivity contribution in [3.8, 4) is 22.3 Å². The Morgan fingerprint density at radius 2 is 1.10 bits per heavy atom. The Hall–Kier alpha value is -6.16. The van der Waals surface area contributed by atoms with Gasteiger partial charge < -0.3 is 9.32 Å². The lowest BCUT2D eigenvalue weighted by Gasteiger charge is -2.28. The fourth-order valence-electron chi connectivity index (χ4n) is 7.40. The topological polar surface area (TPSA) is 16.4 Å². The molecule has 0 unspecified atom stereocenters. The van der Waals surface area contributed by atoms with E-state index in [1.54, 1.807) is 0 Å². The predicted octanol–water partition coefficient (Wildman–Crippen LogP) is 13.9. The maximum absolute atomic E-state index is 6.92. The molecule has 0 fully saturated rings. The van der Waals surface area contributed by atoms with Crippen LogP contribution < -0.4 is 4.90 Å². The minimum atomic E-state index is 0.871. The van der Waals surface area contributed by atoms with Crippen LogP contribution in [-0.2, 0) is 0 Å². The molecule has 0 bridgehead atoms. The van der Waals surface area contributed by atoms with Crippen LogP contribution in [0.2, 0.25) is 0 Å².